The van der Waals surface area contributed by atoms with E-state index in [2.05, 4.69) is 21.3 Å². The van der Waals surface area contributed by atoms with E-state index in [4.69, 9.17) is 5.11 Å². The molecule has 0 aromatic heterocycles. The van der Waals surface area contributed by atoms with Gasteiger partial charge in [-0.15, -0.1) is 0 Å². The topological polar surface area (TPSA) is 137 Å². The number of rotatable bonds is 9. The summed E-state index contributed by atoms with van der Waals surface area (Å²) in [6, 6.07) is -2.08. The van der Waals surface area contributed by atoms with Crippen molar-refractivity contribution >= 4 is 23.7 Å². The summed E-state index contributed by atoms with van der Waals surface area (Å²) < 4.78 is 0. The number of carbonyl (C=O) groups is 4. The second kappa shape index (κ2) is 10.1. The van der Waals surface area contributed by atoms with E-state index in [9.17, 15) is 19.2 Å². The molecule has 0 aromatic carbocycles. The van der Waals surface area contributed by atoms with Gasteiger partial charge < -0.3 is 26.4 Å². The van der Waals surface area contributed by atoms with E-state index >= 15 is 0 Å². The first-order chi connectivity index (χ1) is 12.1. The van der Waals surface area contributed by atoms with Crippen LogP contribution in [0.5, 0.6) is 0 Å². The molecule has 9 nitrogen and oxygen atoms in total. The van der Waals surface area contributed by atoms with Gasteiger partial charge in [-0.2, -0.15) is 0 Å². The third-order valence-electron chi connectivity index (χ3n) is 4.30. The van der Waals surface area contributed by atoms with Crippen molar-refractivity contribution in [3.05, 3.63) is 0 Å². The number of aliphatic carboxylic acids is 1. The van der Waals surface area contributed by atoms with Crippen LogP contribution < -0.4 is 21.3 Å². The Kier molecular flexibility index (Phi) is 8.50. The van der Waals surface area contributed by atoms with Crippen molar-refractivity contribution in [2.45, 2.75) is 58.7 Å². The standard InChI is InChI=1S/C17H30N4O5/c1-9(2)13(21-15(23)11-6-5-7-18-11)16(24)19-8-12(22)20-14(10(3)4)17(25)26/h9-11,13-14,18H,5-8H2,1-4H3,(H,19,24)(H,20,22)(H,21,23)(H,25,26). The lowest BCUT2D eigenvalue weighted by atomic mass is 10.0. The number of hydrogen-bond donors (Lipinski definition) is 5. The number of carboxylic acid groups (broad SMARTS) is 1. The molecule has 26 heavy (non-hydrogen) atoms. The summed E-state index contributed by atoms with van der Waals surface area (Å²) in [4.78, 5) is 47.6. The second-order valence-corrected chi connectivity index (χ2v) is 7.22. The summed E-state index contributed by atoms with van der Waals surface area (Å²) in [5.74, 6) is -2.87. The van der Waals surface area contributed by atoms with Crippen molar-refractivity contribution in [1.29, 1.82) is 0 Å². The van der Waals surface area contributed by atoms with E-state index in [0.717, 1.165) is 19.4 Å². The zero-order chi connectivity index (χ0) is 19.9. The number of hydrogen-bond acceptors (Lipinski definition) is 5. The quantitative estimate of drug-likeness (QED) is 0.361. The molecule has 148 valence electrons. The smallest absolute Gasteiger partial charge is 0.326 e. The van der Waals surface area contributed by atoms with Gasteiger partial charge in [0.25, 0.3) is 0 Å². The molecule has 0 aliphatic carbocycles. The van der Waals surface area contributed by atoms with Crippen LogP contribution in [-0.4, -0.2) is 60.0 Å². The van der Waals surface area contributed by atoms with Gasteiger partial charge in [-0.25, -0.2) is 4.79 Å². The predicted molar refractivity (Wildman–Crippen MR) is 95.2 cm³/mol. The monoisotopic (exact) mass is 370 g/mol. The molecule has 0 radical (unpaired) electrons. The highest BCUT2D eigenvalue weighted by Crippen LogP contribution is 2.08. The molecular weight excluding hydrogens is 340 g/mol. The van der Waals surface area contributed by atoms with Gasteiger partial charge in [-0.05, 0) is 31.2 Å². The minimum atomic E-state index is -1.13. The van der Waals surface area contributed by atoms with Crippen LogP contribution in [0.1, 0.15) is 40.5 Å². The second-order valence-electron chi connectivity index (χ2n) is 7.22. The summed E-state index contributed by atoms with van der Waals surface area (Å²) in [5.41, 5.74) is 0. The minimum Gasteiger partial charge on any atom is -0.480 e. The van der Waals surface area contributed by atoms with E-state index in [-0.39, 0.29) is 30.3 Å². The van der Waals surface area contributed by atoms with E-state index < -0.39 is 29.9 Å². The van der Waals surface area contributed by atoms with Gasteiger partial charge >= 0.3 is 5.97 Å². The van der Waals surface area contributed by atoms with E-state index in [0.29, 0.717) is 0 Å². The van der Waals surface area contributed by atoms with Crippen molar-refractivity contribution in [2.75, 3.05) is 13.1 Å². The molecule has 0 aromatic rings. The van der Waals surface area contributed by atoms with Gasteiger partial charge in [0.1, 0.15) is 12.1 Å². The highest BCUT2D eigenvalue weighted by molar-refractivity contribution is 5.92. The molecule has 0 bridgehead atoms. The van der Waals surface area contributed by atoms with Crippen molar-refractivity contribution in [2.24, 2.45) is 11.8 Å². The normalized spacial score (nSPS) is 19.1. The summed E-state index contributed by atoms with van der Waals surface area (Å²) in [6.07, 6.45) is 1.64. The SMILES string of the molecule is CC(C)C(NC(=O)CNC(=O)C(NC(=O)C1CCCN1)C(C)C)C(=O)O. The molecule has 0 spiro atoms. The van der Waals surface area contributed by atoms with Gasteiger partial charge in [-0.1, -0.05) is 27.7 Å². The molecule has 1 rings (SSSR count). The number of amides is 3. The lowest BCUT2D eigenvalue weighted by Gasteiger charge is -2.24. The van der Waals surface area contributed by atoms with Gasteiger partial charge in [-0.3, -0.25) is 14.4 Å². The molecule has 3 amide bonds. The van der Waals surface area contributed by atoms with E-state index in [1.54, 1.807) is 27.7 Å². The van der Waals surface area contributed by atoms with Crippen LogP contribution in [0.4, 0.5) is 0 Å². The number of carbonyl (C=O) groups excluding carboxylic acids is 3. The Labute approximate surface area is 153 Å². The Balaban J connectivity index is 2.54. The molecule has 9 heteroatoms. The van der Waals surface area contributed by atoms with Gasteiger partial charge in [0.15, 0.2) is 0 Å². The zero-order valence-electron chi connectivity index (χ0n) is 15.8. The minimum absolute atomic E-state index is 0.161. The average Bonchev–Trinajstić information content (AvgIpc) is 3.08. The molecule has 1 aliphatic rings. The molecule has 1 saturated heterocycles. The van der Waals surface area contributed by atoms with Crippen LogP contribution in [0.15, 0.2) is 0 Å². The molecule has 1 aliphatic heterocycles. The molecule has 3 atom stereocenters. The summed E-state index contributed by atoms with van der Waals surface area (Å²) in [6.45, 7) is 7.38. The van der Waals surface area contributed by atoms with Crippen LogP contribution in [0.25, 0.3) is 0 Å². The third-order valence-corrected chi connectivity index (χ3v) is 4.30. The zero-order valence-corrected chi connectivity index (χ0v) is 15.8. The fraction of sp³-hybridized carbons (Fsp3) is 0.765. The van der Waals surface area contributed by atoms with Crippen molar-refractivity contribution in [1.82, 2.24) is 21.3 Å². The maximum atomic E-state index is 12.4. The predicted octanol–water partition coefficient (Wildman–Crippen LogP) is -0.779. The Morgan fingerprint density at radius 1 is 1.04 bits per heavy atom. The first kappa shape index (κ1) is 21.9. The Morgan fingerprint density at radius 3 is 2.12 bits per heavy atom. The fourth-order valence-electron chi connectivity index (χ4n) is 2.71. The third kappa shape index (κ3) is 6.62. The van der Waals surface area contributed by atoms with Crippen LogP contribution in [0, 0.1) is 11.8 Å². The first-order valence-corrected chi connectivity index (χ1v) is 8.97. The van der Waals surface area contributed by atoms with Crippen LogP contribution in [0.3, 0.4) is 0 Å². The first-order valence-electron chi connectivity index (χ1n) is 8.97. The van der Waals surface area contributed by atoms with E-state index in [1.165, 1.54) is 0 Å². The van der Waals surface area contributed by atoms with Crippen molar-refractivity contribution in [3.8, 4) is 0 Å². The van der Waals surface area contributed by atoms with Crippen molar-refractivity contribution < 1.29 is 24.3 Å². The Hall–Kier alpha value is -2.16. The highest BCUT2D eigenvalue weighted by atomic mass is 16.4. The van der Waals surface area contributed by atoms with Crippen LogP contribution in [0.2, 0.25) is 0 Å². The van der Waals surface area contributed by atoms with Gasteiger partial charge in [0.2, 0.25) is 17.7 Å². The number of nitrogens with one attached hydrogen (secondary N) is 4. The molecule has 3 unspecified atom stereocenters. The summed E-state index contributed by atoms with van der Waals surface area (Å²) in [5, 5.41) is 19.7. The highest BCUT2D eigenvalue weighted by Gasteiger charge is 2.29. The summed E-state index contributed by atoms with van der Waals surface area (Å²) in [7, 11) is 0. The summed E-state index contributed by atoms with van der Waals surface area (Å²) >= 11 is 0. The maximum absolute atomic E-state index is 12.4. The average molecular weight is 370 g/mol. The van der Waals surface area contributed by atoms with Crippen LogP contribution >= 0.6 is 0 Å². The molecule has 1 fully saturated rings. The Bertz CT molecular complexity index is 529. The maximum Gasteiger partial charge on any atom is 0.326 e. The largest absolute Gasteiger partial charge is 0.480 e. The van der Waals surface area contributed by atoms with Gasteiger partial charge in [0, 0.05) is 0 Å². The lowest BCUT2D eigenvalue weighted by molar-refractivity contribution is -0.143. The molecule has 5 N–H and O–H groups in total. The molecular formula is C17H30N4O5. The molecule has 1 heterocycles. The van der Waals surface area contributed by atoms with E-state index in [1.807, 2.05) is 0 Å². The Morgan fingerprint density at radius 2 is 1.65 bits per heavy atom. The number of carboxylic acids is 1. The lowest BCUT2D eigenvalue weighted by Crippen LogP contribution is -2.55. The molecule has 0 saturated carbocycles. The fourth-order valence-corrected chi connectivity index (χ4v) is 2.71. The van der Waals surface area contributed by atoms with Crippen molar-refractivity contribution in [3.63, 3.8) is 0 Å². The van der Waals surface area contributed by atoms with Gasteiger partial charge in [0.05, 0.1) is 12.6 Å². The van der Waals surface area contributed by atoms with Crippen LogP contribution in [-0.2, 0) is 19.2 Å².